The summed E-state index contributed by atoms with van der Waals surface area (Å²) in [7, 11) is 0. The predicted molar refractivity (Wildman–Crippen MR) is 99.5 cm³/mol. The fraction of sp³-hybridized carbons (Fsp3) is 0.381. The lowest BCUT2D eigenvalue weighted by atomic mass is 9.92. The number of nitrogens with zero attached hydrogens (tertiary/aromatic N) is 1. The average Bonchev–Trinajstić information content (AvgIpc) is 2.67. The fourth-order valence-corrected chi connectivity index (χ4v) is 3.24. The largest absolute Gasteiger partial charge is 0.489 e. The van der Waals surface area contributed by atoms with Gasteiger partial charge in [0.05, 0.1) is 0 Å². The summed E-state index contributed by atoms with van der Waals surface area (Å²) < 4.78 is 5.78. The third-order valence-electron chi connectivity index (χ3n) is 4.84. The van der Waals surface area contributed by atoms with Gasteiger partial charge in [-0.3, -0.25) is 4.79 Å². The molecule has 0 bridgehead atoms. The van der Waals surface area contributed by atoms with E-state index in [1.54, 1.807) is 0 Å². The molecule has 2 atom stereocenters. The quantitative estimate of drug-likeness (QED) is 0.908. The van der Waals surface area contributed by atoms with Gasteiger partial charge >= 0.3 is 0 Å². The minimum absolute atomic E-state index is 0.0833. The molecule has 1 heterocycles. The monoisotopic (exact) mass is 338 g/mol. The lowest BCUT2D eigenvalue weighted by molar-refractivity contribution is 0.0661. The number of piperidine rings is 1. The molecule has 2 N–H and O–H groups in total. The number of carbonyl (C=O) groups is 1. The third-order valence-corrected chi connectivity index (χ3v) is 4.84. The van der Waals surface area contributed by atoms with E-state index >= 15 is 0 Å². The van der Waals surface area contributed by atoms with Gasteiger partial charge < -0.3 is 15.4 Å². The van der Waals surface area contributed by atoms with E-state index in [0.717, 1.165) is 37.2 Å². The molecule has 0 aliphatic carbocycles. The van der Waals surface area contributed by atoms with Gasteiger partial charge in [0.15, 0.2) is 0 Å². The molecular formula is C21H26N2O2. The zero-order valence-corrected chi connectivity index (χ0v) is 14.7. The van der Waals surface area contributed by atoms with E-state index in [2.05, 4.69) is 0 Å². The van der Waals surface area contributed by atoms with E-state index in [0.29, 0.717) is 18.1 Å². The molecule has 1 saturated heterocycles. The van der Waals surface area contributed by atoms with Crippen molar-refractivity contribution in [1.29, 1.82) is 0 Å². The molecule has 0 aromatic heterocycles. The molecule has 25 heavy (non-hydrogen) atoms. The highest BCUT2D eigenvalue weighted by molar-refractivity contribution is 5.94. The Kier molecular flexibility index (Phi) is 5.71. The molecule has 132 valence electrons. The highest BCUT2D eigenvalue weighted by Gasteiger charge is 2.26. The maximum absolute atomic E-state index is 12.7. The molecule has 4 heteroatoms. The van der Waals surface area contributed by atoms with Crippen molar-refractivity contribution in [3.05, 3.63) is 65.7 Å². The topological polar surface area (TPSA) is 55.6 Å². The molecule has 1 amide bonds. The standard InChI is InChI=1S/C21H26N2O2/c1-16(22)19-8-5-13-23(14-19)21(24)18-9-11-20(12-10-18)25-15-17-6-3-2-4-7-17/h2-4,6-7,9-12,16,19H,5,8,13-15,22H2,1H3. The van der Waals surface area contributed by atoms with Crippen LogP contribution in [0.2, 0.25) is 0 Å². The van der Waals surface area contributed by atoms with E-state index < -0.39 is 0 Å². The van der Waals surface area contributed by atoms with Crippen molar-refractivity contribution in [3.63, 3.8) is 0 Å². The van der Waals surface area contributed by atoms with Gasteiger partial charge in [-0.05, 0) is 55.5 Å². The summed E-state index contributed by atoms with van der Waals surface area (Å²) in [6.45, 7) is 4.12. The van der Waals surface area contributed by atoms with E-state index in [1.165, 1.54) is 0 Å². The molecule has 0 saturated carbocycles. The van der Waals surface area contributed by atoms with Crippen molar-refractivity contribution >= 4 is 5.91 Å². The molecule has 0 spiro atoms. The third kappa shape index (κ3) is 4.60. The minimum Gasteiger partial charge on any atom is -0.489 e. The number of benzene rings is 2. The zero-order chi connectivity index (χ0) is 17.6. The van der Waals surface area contributed by atoms with E-state index in [4.69, 9.17) is 10.5 Å². The number of nitrogens with two attached hydrogens (primary N) is 1. The first-order valence-corrected chi connectivity index (χ1v) is 8.95. The fourth-order valence-electron chi connectivity index (χ4n) is 3.24. The van der Waals surface area contributed by atoms with Gasteiger partial charge in [0, 0.05) is 24.7 Å². The van der Waals surface area contributed by atoms with Gasteiger partial charge in [-0.25, -0.2) is 0 Å². The van der Waals surface area contributed by atoms with Crippen molar-refractivity contribution in [3.8, 4) is 5.75 Å². The molecule has 1 aliphatic heterocycles. The van der Waals surface area contributed by atoms with Crippen molar-refractivity contribution in [1.82, 2.24) is 4.90 Å². The van der Waals surface area contributed by atoms with Gasteiger partial charge in [0.2, 0.25) is 0 Å². The maximum Gasteiger partial charge on any atom is 0.253 e. The number of hydrogen-bond donors (Lipinski definition) is 1. The Morgan fingerprint density at radius 2 is 1.92 bits per heavy atom. The van der Waals surface area contributed by atoms with Gasteiger partial charge in [-0.1, -0.05) is 30.3 Å². The van der Waals surface area contributed by atoms with E-state index in [9.17, 15) is 4.79 Å². The number of rotatable bonds is 5. The molecule has 1 aliphatic rings. The first-order chi connectivity index (χ1) is 12.1. The Labute approximate surface area is 149 Å². The number of ether oxygens (including phenoxy) is 1. The summed E-state index contributed by atoms with van der Waals surface area (Å²) in [4.78, 5) is 14.6. The Bertz CT molecular complexity index is 683. The van der Waals surface area contributed by atoms with Crippen LogP contribution in [0, 0.1) is 5.92 Å². The Morgan fingerprint density at radius 1 is 1.20 bits per heavy atom. The molecule has 2 aromatic rings. The lowest BCUT2D eigenvalue weighted by Crippen LogP contribution is -2.45. The van der Waals surface area contributed by atoms with E-state index in [-0.39, 0.29) is 11.9 Å². The molecule has 0 radical (unpaired) electrons. The Morgan fingerprint density at radius 3 is 2.60 bits per heavy atom. The van der Waals surface area contributed by atoms with Gasteiger partial charge in [-0.2, -0.15) is 0 Å². The average molecular weight is 338 g/mol. The van der Waals surface area contributed by atoms with Gasteiger partial charge in [0.1, 0.15) is 12.4 Å². The van der Waals surface area contributed by atoms with Crippen LogP contribution in [0.1, 0.15) is 35.7 Å². The lowest BCUT2D eigenvalue weighted by Gasteiger charge is -2.34. The molecule has 1 fully saturated rings. The number of likely N-dealkylation sites (tertiary alicyclic amines) is 1. The van der Waals surface area contributed by atoms with Crippen LogP contribution in [0.25, 0.3) is 0 Å². The minimum atomic E-state index is 0.0833. The van der Waals surface area contributed by atoms with Crippen LogP contribution in [0.5, 0.6) is 5.75 Å². The Balaban J connectivity index is 1.58. The van der Waals surface area contributed by atoms with Crippen molar-refractivity contribution in [2.45, 2.75) is 32.4 Å². The van der Waals surface area contributed by atoms with Gasteiger partial charge in [0.25, 0.3) is 5.91 Å². The summed E-state index contributed by atoms with van der Waals surface area (Å²) in [6, 6.07) is 17.6. The normalized spacial score (nSPS) is 18.6. The first-order valence-electron chi connectivity index (χ1n) is 8.95. The second-order valence-electron chi connectivity index (χ2n) is 6.81. The molecule has 2 unspecified atom stereocenters. The summed E-state index contributed by atoms with van der Waals surface area (Å²) in [5.41, 5.74) is 7.84. The number of amides is 1. The smallest absolute Gasteiger partial charge is 0.253 e. The zero-order valence-electron chi connectivity index (χ0n) is 14.7. The summed E-state index contributed by atoms with van der Waals surface area (Å²) in [6.07, 6.45) is 2.13. The van der Waals surface area contributed by atoms with Crippen LogP contribution in [0.4, 0.5) is 0 Å². The SMILES string of the molecule is CC(N)C1CCCN(C(=O)c2ccc(OCc3ccccc3)cc2)C1. The van der Waals surface area contributed by atoms with Crippen LogP contribution in [-0.4, -0.2) is 29.9 Å². The second-order valence-corrected chi connectivity index (χ2v) is 6.81. The highest BCUT2D eigenvalue weighted by atomic mass is 16.5. The van der Waals surface area contributed by atoms with Crippen LogP contribution in [0.15, 0.2) is 54.6 Å². The van der Waals surface area contributed by atoms with Crippen LogP contribution in [-0.2, 0) is 6.61 Å². The van der Waals surface area contributed by atoms with E-state index in [1.807, 2.05) is 66.4 Å². The second kappa shape index (κ2) is 8.17. The molecule has 2 aromatic carbocycles. The van der Waals surface area contributed by atoms with Crippen LogP contribution in [0.3, 0.4) is 0 Å². The summed E-state index contributed by atoms with van der Waals surface area (Å²) in [5.74, 6) is 1.25. The Hall–Kier alpha value is -2.33. The summed E-state index contributed by atoms with van der Waals surface area (Å²) in [5, 5.41) is 0. The molecule has 3 rings (SSSR count). The predicted octanol–water partition coefficient (Wildman–Crippen LogP) is 3.47. The maximum atomic E-state index is 12.7. The molecule has 4 nitrogen and oxygen atoms in total. The van der Waals surface area contributed by atoms with Crippen LogP contribution < -0.4 is 10.5 Å². The molecular weight excluding hydrogens is 312 g/mol. The van der Waals surface area contributed by atoms with Crippen molar-refractivity contribution in [2.24, 2.45) is 11.7 Å². The van der Waals surface area contributed by atoms with Crippen molar-refractivity contribution < 1.29 is 9.53 Å². The van der Waals surface area contributed by atoms with Crippen LogP contribution >= 0.6 is 0 Å². The first kappa shape index (κ1) is 17.5. The van der Waals surface area contributed by atoms with Gasteiger partial charge in [-0.15, -0.1) is 0 Å². The summed E-state index contributed by atoms with van der Waals surface area (Å²) >= 11 is 0. The number of carbonyl (C=O) groups excluding carboxylic acids is 1. The highest BCUT2D eigenvalue weighted by Crippen LogP contribution is 2.21. The number of hydrogen-bond acceptors (Lipinski definition) is 3. The van der Waals surface area contributed by atoms with Crippen molar-refractivity contribution in [2.75, 3.05) is 13.1 Å².